The van der Waals surface area contributed by atoms with Crippen LogP contribution >= 0.6 is 0 Å². The Hall–Kier alpha value is -1.95. The van der Waals surface area contributed by atoms with E-state index >= 15 is 0 Å². The highest BCUT2D eigenvalue weighted by Gasteiger charge is 2.55. The molecule has 6 heteroatoms. The summed E-state index contributed by atoms with van der Waals surface area (Å²) >= 11 is 0. The Morgan fingerprint density at radius 1 is 0.893 bits per heavy atom. The average Bonchev–Trinajstić information content (AvgIpc) is 3.47. The van der Waals surface area contributed by atoms with Gasteiger partial charge in [0.1, 0.15) is 5.75 Å². The molecule has 0 N–H and O–H groups in total. The fourth-order valence-corrected chi connectivity index (χ4v) is 5.15. The van der Waals surface area contributed by atoms with Crippen molar-refractivity contribution in [1.82, 2.24) is 9.80 Å². The molecule has 3 aliphatic rings. The zero-order valence-corrected chi connectivity index (χ0v) is 17.3. The molecule has 2 atom stereocenters. The van der Waals surface area contributed by atoms with E-state index in [9.17, 15) is 4.79 Å². The number of amides is 1. The lowest BCUT2D eigenvalue weighted by atomic mass is 10.0. The van der Waals surface area contributed by atoms with Crippen LogP contribution in [0.2, 0.25) is 0 Å². The van der Waals surface area contributed by atoms with Gasteiger partial charge in [0.15, 0.2) is 11.5 Å². The zero-order valence-electron chi connectivity index (χ0n) is 17.3. The van der Waals surface area contributed by atoms with E-state index in [2.05, 4.69) is 9.80 Å². The normalized spacial score (nSPS) is 27.1. The van der Waals surface area contributed by atoms with Gasteiger partial charge >= 0.3 is 0 Å². The van der Waals surface area contributed by atoms with Crippen LogP contribution in [0.1, 0.15) is 31.2 Å². The van der Waals surface area contributed by atoms with Crippen molar-refractivity contribution in [3.05, 3.63) is 17.7 Å². The highest BCUT2D eigenvalue weighted by atomic mass is 16.5. The molecule has 6 nitrogen and oxygen atoms in total. The van der Waals surface area contributed by atoms with Gasteiger partial charge in [-0.2, -0.15) is 0 Å². The van der Waals surface area contributed by atoms with Gasteiger partial charge in [0, 0.05) is 50.3 Å². The molecule has 28 heavy (non-hydrogen) atoms. The maximum absolute atomic E-state index is 12.9. The maximum atomic E-state index is 12.9. The molecule has 0 bridgehead atoms. The van der Waals surface area contributed by atoms with E-state index in [0.29, 0.717) is 35.2 Å². The Labute approximate surface area is 167 Å². The first-order valence-electron chi connectivity index (χ1n) is 10.5. The first-order chi connectivity index (χ1) is 13.7. The fourth-order valence-electron chi connectivity index (χ4n) is 5.15. The number of piperazine rings is 1. The molecule has 1 saturated heterocycles. The van der Waals surface area contributed by atoms with Crippen LogP contribution in [0.25, 0.3) is 0 Å². The molecular weight excluding hydrogens is 356 g/mol. The Morgan fingerprint density at radius 2 is 1.46 bits per heavy atom. The molecule has 4 rings (SSSR count). The Bertz CT molecular complexity index is 703. The molecule has 154 valence electrons. The van der Waals surface area contributed by atoms with Crippen LogP contribution in [0.3, 0.4) is 0 Å². The van der Waals surface area contributed by atoms with E-state index in [-0.39, 0.29) is 0 Å². The number of carbonyl (C=O) groups is 1. The van der Waals surface area contributed by atoms with Gasteiger partial charge in [-0.05, 0) is 30.7 Å². The van der Waals surface area contributed by atoms with E-state index < -0.39 is 0 Å². The van der Waals surface area contributed by atoms with E-state index in [0.717, 1.165) is 44.0 Å². The lowest BCUT2D eigenvalue weighted by molar-refractivity contribution is -0.135. The second-order valence-electron chi connectivity index (χ2n) is 8.26. The third kappa shape index (κ3) is 3.66. The number of nitrogens with zero attached hydrogens (tertiary/aromatic N) is 2. The molecule has 1 aromatic rings. The predicted octanol–water partition coefficient (Wildman–Crippen LogP) is 2.79. The second kappa shape index (κ2) is 8.19. The van der Waals surface area contributed by atoms with Crippen molar-refractivity contribution < 1.29 is 19.0 Å². The van der Waals surface area contributed by atoms with Crippen molar-refractivity contribution in [3.8, 4) is 17.2 Å². The van der Waals surface area contributed by atoms with Crippen LogP contribution in [-0.2, 0) is 11.3 Å². The summed E-state index contributed by atoms with van der Waals surface area (Å²) < 4.78 is 16.4. The van der Waals surface area contributed by atoms with Crippen LogP contribution in [-0.4, -0.2) is 63.2 Å². The monoisotopic (exact) mass is 388 g/mol. The van der Waals surface area contributed by atoms with E-state index in [4.69, 9.17) is 14.2 Å². The lowest BCUT2D eigenvalue weighted by Crippen LogP contribution is -2.49. The van der Waals surface area contributed by atoms with E-state index in [1.54, 1.807) is 21.3 Å². The van der Waals surface area contributed by atoms with Crippen molar-refractivity contribution in [2.45, 2.75) is 32.2 Å². The Morgan fingerprint density at radius 3 is 2.04 bits per heavy atom. The van der Waals surface area contributed by atoms with Gasteiger partial charge in [-0.1, -0.05) is 12.8 Å². The topological polar surface area (TPSA) is 51.2 Å². The first-order valence-corrected chi connectivity index (χ1v) is 10.5. The molecule has 2 saturated carbocycles. The summed E-state index contributed by atoms with van der Waals surface area (Å²) in [6.45, 7) is 4.21. The fraction of sp³-hybridized carbons (Fsp3) is 0.682. The van der Waals surface area contributed by atoms with Gasteiger partial charge in [-0.25, -0.2) is 0 Å². The number of methoxy groups -OCH3 is 3. The van der Waals surface area contributed by atoms with Gasteiger partial charge in [-0.3, -0.25) is 9.69 Å². The smallest absolute Gasteiger partial charge is 0.226 e. The van der Waals surface area contributed by atoms with Crippen LogP contribution in [0.5, 0.6) is 17.2 Å². The number of ether oxygens (including phenoxy) is 3. The van der Waals surface area contributed by atoms with Crippen LogP contribution in [0.4, 0.5) is 0 Å². The molecular formula is C22H32N2O4. The molecule has 2 aliphatic carbocycles. The molecule has 0 unspecified atom stereocenters. The predicted molar refractivity (Wildman–Crippen MR) is 107 cm³/mol. The Kier molecular flexibility index (Phi) is 5.67. The summed E-state index contributed by atoms with van der Waals surface area (Å²) in [5, 5.41) is 0. The molecule has 0 aromatic heterocycles. The highest BCUT2D eigenvalue weighted by Crippen LogP contribution is 2.56. The third-order valence-electron chi connectivity index (χ3n) is 6.81. The maximum Gasteiger partial charge on any atom is 0.226 e. The number of rotatable bonds is 6. The Balaban J connectivity index is 1.35. The third-order valence-corrected chi connectivity index (χ3v) is 6.81. The van der Waals surface area contributed by atoms with Crippen LogP contribution < -0.4 is 14.2 Å². The summed E-state index contributed by atoms with van der Waals surface area (Å²) in [5.74, 6) is 4.32. The van der Waals surface area contributed by atoms with Crippen molar-refractivity contribution in [2.75, 3.05) is 47.5 Å². The molecule has 1 aliphatic heterocycles. The minimum Gasteiger partial charge on any atom is -0.496 e. The largest absolute Gasteiger partial charge is 0.496 e. The molecule has 0 radical (unpaired) electrons. The SMILES string of the molecule is COc1cc(OC)c(OC)cc1CN1CCN(C(=O)C2[C@H]3CCCC[C@H]23)CC1. The lowest BCUT2D eigenvalue weighted by Gasteiger charge is -2.35. The van der Waals surface area contributed by atoms with Crippen molar-refractivity contribution in [2.24, 2.45) is 17.8 Å². The summed E-state index contributed by atoms with van der Waals surface area (Å²) in [6.07, 6.45) is 5.15. The van der Waals surface area contributed by atoms with Gasteiger partial charge in [-0.15, -0.1) is 0 Å². The molecule has 1 amide bonds. The molecule has 1 heterocycles. The summed E-state index contributed by atoms with van der Waals surface area (Å²) in [7, 11) is 4.95. The van der Waals surface area contributed by atoms with E-state index in [1.807, 2.05) is 12.1 Å². The second-order valence-corrected chi connectivity index (χ2v) is 8.26. The van der Waals surface area contributed by atoms with Crippen LogP contribution in [0, 0.1) is 17.8 Å². The molecule has 0 spiro atoms. The number of fused-ring (bicyclic) bond motifs is 1. The van der Waals surface area contributed by atoms with Crippen LogP contribution in [0.15, 0.2) is 12.1 Å². The van der Waals surface area contributed by atoms with Crippen molar-refractivity contribution in [1.29, 1.82) is 0 Å². The van der Waals surface area contributed by atoms with Gasteiger partial charge in [0.2, 0.25) is 5.91 Å². The summed E-state index contributed by atoms with van der Waals surface area (Å²) in [6, 6.07) is 3.87. The molecule has 3 fully saturated rings. The summed E-state index contributed by atoms with van der Waals surface area (Å²) in [5.41, 5.74) is 1.08. The van der Waals surface area contributed by atoms with Gasteiger partial charge in [0.05, 0.1) is 21.3 Å². The van der Waals surface area contributed by atoms with Crippen molar-refractivity contribution >= 4 is 5.91 Å². The average molecular weight is 389 g/mol. The summed E-state index contributed by atoms with van der Waals surface area (Å²) in [4.78, 5) is 17.4. The quantitative estimate of drug-likeness (QED) is 0.750. The van der Waals surface area contributed by atoms with Gasteiger partial charge < -0.3 is 19.1 Å². The van der Waals surface area contributed by atoms with Gasteiger partial charge in [0.25, 0.3) is 0 Å². The first kappa shape index (κ1) is 19.4. The number of carbonyl (C=O) groups excluding carboxylic acids is 1. The molecule has 1 aromatic carbocycles. The van der Waals surface area contributed by atoms with Crippen molar-refractivity contribution in [3.63, 3.8) is 0 Å². The number of hydrogen-bond acceptors (Lipinski definition) is 5. The minimum absolute atomic E-state index is 0.333. The standard InChI is InChI=1S/C22H32N2O4/c1-26-18-13-20(28-3)19(27-2)12-15(18)14-23-8-10-24(11-9-23)22(25)21-16-6-4-5-7-17(16)21/h12-13,16-17,21H,4-11,14H2,1-3H3/t16-,17-/m0/s1. The zero-order chi connectivity index (χ0) is 19.7. The number of hydrogen-bond donors (Lipinski definition) is 0. The minimum atomic E-state index is 0.333. The highest BCUT2D eigenvalue weighted by molar-refractivity contribution is 5.82. The number of benzene rings is 1. The van der Waals surface area contributed by atoms with E-state index in [1.165, 1.54) is 25.7 Å².